The molecule has 2 rings (SSSR count). The van der Waals surface area contributed by atoms with Crippen molar-refractivity contribution in [2.75, 3.05) is 7.11 Å². The predicted octanol–water partition coefficient (Wildman–Crippen LogP) is 2.86. The third-order valence-electron chi connectivity index (χ3n) is 3.42. The van der Waals surface area contributed by atoms with Gasteiger partial charge in [0.15, 0.2) is 6.23 Å². The van der Waals surface area contributed by atoms with Gasteiger partial charge in [-0.05, 0) is 36.8 Å². The number of nitrogens with two attached hydrogens (primary N) is 1. The van der Waals surface area contributed by atoms with Gasteiger partial charge in [0, 0.05) is 5.57 Å². The molecule has 0 saturated carbocycles. The van der Waals surface area contributed by atoms with Crippen LogP contribution in [0.1, 0.15) is 11.1 Å². The second kappa shape index (κ2) is 7.47. The molecule has 0 amide bonds. The summed E-state index contributed by atoms with van der Waals surface area (Å²) in [6, 6.07) is 13.2. The van der Waals surface area contributed by atoms with E-state index in [0.717, 1.165) is 5.56 Å². The van der Waals surface area contributed by atoms with Crippen molar-refractivity contribution in [1.29, 1.82) is 0 Å². The lowest BCUT2D eigenvalue weighted by atomic mass is 10.1. The third-order valence-corrected chi connectivity index (χ3v) is 4.73. The first-order valence-corrected chi connectivity index (χ1v) is 8.58. The predicted molar refractivity (Wildman–Crippen MR) is 93.0 cm³/mol. The van der Waals surface area contributed by atoms with Crippen molar-refractivity contribution in [3.8, 4) is 5.75 Å². The van der Waals surface area contributed by atoms with Crippen molar-refractivity contribution < 1.29 is 17.3 Å². The monoisotopic (exact) mass is 345 g/mol. The van der Waals surface area contributed by atoms with E-state index in [1.807, 2.05) is 6.92 Å². The molecular formula is C18H19NO4S. The maximum absolute atomic E-state index is 12.3. The van der Waals surface area contributed by atoms with E-state index >= 15 is 0 Å². The maximum atomic E-state index is 12.3. The summed E-state index contributed by atoms with van der Waals surface area (Å²) >= 11 is 0. The van der Waals surface area contributed by atoms with Crippen LogP contribution in [0.15, 0.2) is 65.7 Å². The van der Waals surface area contributed by atoms with Gasteiger partial charge in [0.25, 0.3) is 10.1 Å². The number of methoxy groups -OCH3 is 1. The summed E-state index contributed by atoms with van der Waals surface area (Å²) in [7, 11) is -2.43. The van der Waals surface area contributed by atoms with Crippen molar-refractivity contribution >= 4 is 15.7 Å². The van der Waals surface area contributed by atoms with Crippen LogP contribution in [0.25, 0.3) is 5.57 Å². The lowest BCUT2D eigenvalue weighted by Crippen LogP contribution is -2.28. The molecule has 0 fully saturated rings. The molecular weight excluding hydrogens is 326 g/mol. The summed E-state index contributed by atoms with van der Waals surface area (Å²) in [5, 5.41) is 0. The van der Waals surface area contributed by atoms with Gasteiger partial charge in [-0.3, -0.25) is 0 Å². The molecule has 126 valence electrons. The number of aryl methyl sites for hydroxylation is 1. The van der Waals surface area contributed by atoms with Crippen molar-refractivity contribution in [2.24, 2.45) is 5.73 Å². The van der Waals surface area contributed by atoms with Crippen LogP contribution in [0.3, 0.4) is 0 Å². The standard InChI is InChI=1S/C18H19NO4S/c1-4-17(14-7-9-15(22-3)10-8-14)18(19)23-24(20,21)16-11-5-13(2)6-12-16/h5-12,18H,1,19H2,2-3H3. The summed E-state index contributed by atoms with van der Waals surface area (Å²) in [6.07, 6.45) is -1.22. The number of ether oxygens (including phenoxy) is 1. The largest absolute Gasteiger partial charge is 0.497 e. The molecule has 6 heteroatoms. The summed E-state index contributed by atoms with van der Waals surface area (Å²) in [5.41, 5.74) is 10.5. The Morgan fingerprint density at radius 1 is 1.12 bits per heavy atom. The molecule has 0 aliphatic carbocycles. The van der Waals surface area contributed by atoms with Crippen molar-refractivity contribution in [3.63, 3.8) is 0 Å². The summed E-state index contributed by atoms with van der Waals surface area (Å²) in [6.45, 7) is 5.43. The van der Waals surface area contributed by atoms with Gasteiger partial charge < -0.3 is 10.5 Å². The van der Waals surface area contributed by atoms with Gasteiger partial charge >= 0.3 is 0 Å². The number of rotatable bonds is 6. The highest BCUT2D eigenvalue weighted by atomic mass is 32.2. The molecule has 1 atom stereocenters. The van der Waals surface area contributed by atoms with E-state index in [9.17, 15) is 8.42 Å². The van der Waals surface area contributed by atoms with Crippen LogP contribution in [-0.2, 0) is 14.3 Å². The van der Waals surface area contributed by atoms with Crippen molar-refractivity contribution in [3.05, 3.63) is 72.0 Å². The molecule has 0 radical (unpaired) electrons. The van der Waals surface area contributed by atoms with E-state index in [1.54, 1.807) is 43.5 Å². The summed E-state index contributed by atoms with van der Waals surface area (Å²) in [5.74, 6) is 0.670. The van der Waals surface area contributed by atoms with Crippen LogP contribution in [0.5, 0.6) is 5.75 Å². The van der Waals surface area contributed by atoms with Crippen LogP contribution in [-0.4, -0.2) is 21.8 Å². The van der Waals surface area contributed by atoms with E-state index < -0.39 is 16.3 Å². The second-order valence-electron chi connectivity index (χ2n) is 5.10. The smallest absolute Gasteiger partial charge is 0.298 e. The Kier molecular flexibility index (Phi) is 5.59. The average molecular weight is 345 g/mol. The first kappa shape index (κ1) is 18.0. The topological polar surface area (TPSA) is 78.6 Å². The normalized spacial score (nSPS) is 12.3. The molecule has 0 aliphatic heterocycles. The average Bonchev–Trinajstić information content (AvgIpc) is 2.56. The Morgan fingerprint density at radius 2 is 1.71 bits per heavy atom. The zero-order valence-corrected chi connectivity index (χ0v) is 14.3. The minimum atomic E-state index is -3.99. The van der Waals surface area contributed by atoms with Gasteiger partial charge in [-0.2, -0.15) is 8.42 Å². The zero-order chi connectivity index (χ0) is 17.7. The minimum absolute atomic E-state index is 0.0432. The molecule has 5 nitrogen and oxygen atoms in total. The lowest BCUT2D eigenvalue weighted by Gasteiger charge is -2.15. The van der Waals surface area contributed by atoms with Crippen LogP contribution < -0.4 is 10.5 Å². The fourth-order valence-electron chi connectivity index (χ4n) is 2.08. The first-order chi connectivity index (χ1) is 11.4. The van der Waals surface area contributed by atoms with Gasteiger partial charge in [-0.1, -0.05) is 36.4 Å². The molecule has 2 N–H and O–H groups in total. The summed E-state index contributed by atoms with van der Waals surface area (Å²) < 4.78 is 34.8. The molecule has 1 unspecified atom stereocenters. The molecule has 0 aliphatic rings. The van der Waals surface area contributed by atoms with Gasteiger partial charge in [-0.15, -0.1) is 5.73 Å². The Hall–Kier alpha value is -2.37. The van der Waals surface area contributed by atoms with Crippen molar-refractivity contribution in [1.82, 2.24) is 0 Å². The summed E-state index contributed by atoms with van der Waals surface area (Å²) in [4.78, 5) is 0.0432. The SMILES string of the molecule is C=C=C(c1ccc(OC)cc1)C(N)OS(=O)(=O)c1ccc(C)cc1. The van der Waals surface area contributed by atoms with Gasteiger partial charge in [0.2, 0.25) is 0 Å². The molecule has 0 heterocycles. The Bertz CT molecular complexity index is 849. The number of hydrogen-bond donors (Lipinski definition) is 1. The number of benzene rings is 2. The van der Waals surface area contributed by atoms with Crippen LogP contribution >= 0.6 is 0 Å². The zero-order valence-electron chi connectivity index (χ0n) is 13.5. The van der Waals surface area contributed by atoms with E-state index in [1.165, 1.54) is 12.1 Å². The van der Waals surface area contributed by atoms with E-state index in [2.05, 4.69) is 12.3 Å². The molecule has 2 aromatic carbocycles. The fraction of sp³-hybridized carbons (Fsp3) is 0.167. The third kappa shape index (κ3) is 4.13. The highest BCUT2D eigenvalue weighted by Crippen LogP contribution is 2.23. The van der Waals surface area contributed by atoms with Gasteiger partial charge in [0.05, 0.1) is 12.0 Å². The maximum Gasteiger partial charge on any atom is 0.298 e. The molecule has 0 bridgehead atoms. The minimum Gasteiger partial charge on any atom is -0.497 e. The van der Waals surface area contributed by atoms with Gasteiger partial charge in [-0.25, -0.2) is 4.18 Å². The van der Waals surface area contributed by atoms with Crippen LogP contribution in [0.4, 0.5) is 0 Å². The molecule has 2 aromatic rings. The number of hydrogen-bond acceptors (Lipinski definition) is 5. The van der Waals surface area contributed by atoms with Crippen molar-refractivity contribution in [2.45, 2.75) is 18.0 Å². The molecule has 24 heavy (non-hydrogen) atoms. The Labute approximate surface area is 142 Å². The Balaban J connectivity index is 2.24. The van der Waals surface area contributed by atoms with Gasteiger partial charge in [0.1, 0.15) is 5.75 Å². The fourth-order valence-corrected chi connectivity index (χ4v) is 3.03. The first-order valence-electron chi connectivity index (χ1n) is 7.17. The Morgan fingerprint density at radius 3 is 2.21 bits per heavy atom. The van der Waals surface area contributed by atoms with E-state index in [4.69, 9.17) is 14.7 Å². The molecule has 0 spiro atoms. The lowest BCUT2D eigenvalue weighted by molar-refractivity contribution is 0.272. The van der Waals surface area contributed by atoms with E-state index in [-0.39, 0.29) is 4.90 Å². The highest BCUT2D eigenvalue weighted by Gasteiger charge is 2.22. The van der Waals surface area contributed by atoms with E-state index in [0.29, 0.717) is 16.9 Å². The van der Waals surface area contributed by atoms with Crippen LogP contribution in [0.2, 0.25) is 0 Å². The van der Waals surface area contributed by atoms with Crippen LogP contribution in [0, 0.1) is 6.92 Å². The molecule has 0 aromatic heterocycles. The second-order valence-corrected chi connectivity index (χ2v) is 6.68. The quantitative estimate of drug-likeness (QED) is 0.495. The molecule has 0 saturated heterocycles. The highest BCUT2D eigenvalue weighted by molar-refractivity contribution is 7.86.